The van der Waals surface area contributed by atoms with Gasteiger partial charge in [-0.15, -0.1) is 0 Å². The Morgan fingerprint density at radius 3 is 2.53 bits per heavy atom. The Kier molecular flexibility index (Phi) is 5.70. The van der Waals surface area contributed by atoms with Crippen molar-refractivity contribution in [3.8, 4) is 0 Å². The van der Waals surface area contributed by atoms with E-state index in [1.54, 1.807) is 0 Å². The molecule has 0 spiro atoms. The maximum atomic E-state index is 11.9. The third-order valence-corrected chi connectivity index (χ3v) is 4.36. The van der Waals surface area contributed by atoms with Crippen LogP contribution in [-0.2, 0) is 6.54 Å². The second kappa shape index (κ2) is 7.53. The second-order valence-electron chi connectivity index (χ2n) is 5.11. The third-order valence-electron chi connectivity index (χ3n) is 3.59. The van der Waals surface area contributed by atoms with E-state index in [9.17, 15) is 4.79 Å². The number of hydrogen-bond acceptors (Lipinski definition) is 1. The van der Waals surface area contributed by atoms with Crippen molar-refractivity contribution in [1.29, 1.82) is 0 Å². The molecule has 19 heavy (non-hydrogen) atoms. The van der Waals surface area contributed by atoms with Crippen LogP contribution in [-0.4, -0.2) is 12.1 Å². The highest BCUT2D eigenvalue weighted by atomic mass is 79.9. The zero-order valence-electron chi connectivity index (χ0n) is 11.1. The molecule has 0 saturated heterocycles. The predicted octanol–water partition coefficient (Wildman–Crippen LogP) is 3.97. The summed E-state index contributed by atoms with van der Waals surface area (Å²) in [5.74, 6) is 0. The number of carbonyl (C=O) groups excluding carboxylic acids is 1. The Morgan fingerprint density at radius 2 is 1.84 bits per heavy atom. The van der Waals surface area contributed by atoms with Crippen molar-refractivity contribution >= 4 is 22.0 Å². The van der Waals surface area contributed by atoms with E-state index < -0.39 is 0 Å². The molecule has 0 unspecified atom stereocenters. The summed E-state index contributed by atoms with van der Waals surface area (Å²) in [5, 5.41) is 6.01. The highest BCUT2D eigenvalue weighted by molar-refractivity contribution is 9.10. The average Bonchev–Trinajstić information content (AvgIpc) is 2.66. The van der Waals surface area contributed by atoms with E-state index >= 15 is 0 Å². The number of benzene rings is 1. The number of rotatable bonds is 3. The lowest BCUT2D eigenvalue weighted by Crippen LogP contribution is -2.41. The number of halogens is 1. The fraction of sp³-hybridized carbons (Fsp3) is 0.533. The van der Waals surface area contributed by atoms with Gasteiger partial charge in [-0.1, -0.05) is 59.8 Å². The number of urea groups is 1. The van der Waals surface area contributed by atoms with Gasteiger partial charge in [-0.2, -0.15) is 0 Å². The molecule has 0 atom stereocenters. The molecular weight excluding hydrogens is 304 g/mol. The zero-order chi connectivity index (χ0) is 13.5. The quantitative estimate of drug-likeness (QED) is 0.811. The molecule has 1 aliphatic rings. The van der Waals surface area contributed by atoms with Crippen molar-refractivity contribution in [3.05, 3.63) is 34.3 Å². The molecule has 1 saturated carbocycles. The van der Waals surface area contributed by atoms with Gasteiger partial charge < -0.3 is 10.6 Å². The van der Waals surface area contributed by atoms with E-state index in [4.69, 9.17) is 0 Å². The van der Waals surface area contributed by atoms with E-state index in [0.29, 0.717) is 12.6 Å². The minimum atomic E-state index is -0.0531. The van der Waals surface area contributed by atoms with Gasteiger partial charge in [0, 0.05) is 17.1 Å². The van der Waals surface area contributed by atoms with Gasteiger partial charge in [-0.25, -0.2) is 4.79 Å². The van der Waals surface area contributed by atoms with Crippen LogP contribution in [0.25, 0.3) is 0 Å². The molecule has 0 heterocycles. The van der Waals surface area contributed by atoms with Crippen LogP contribution in [0, 0.1) is 0 Å². The molecule has 3 nitrogen and oxygen atoms in total. The Labute approximate surface area is 123 Å². The van der Waals surface area contributed by atoms with E-state index in [1.807, 2.05) is 24.3 Å². The van der Waals surface area contributed by atoms with Gasteiger partial charge in [0.2, 0.25) is 0 Å². The fourth-order valence-corrected chi connectivity index (χ4v) is 2.90. The molecule has 4 heteroatoms. The van der Waals surface area contributed by atoms with Crippen LogP contribution < -0.4 is 10.6 Å². The van der Waals surface area contributed by atoms with Gasteiger partial charge in [0.05, 0.1) is 0 Å². The topological polar surface area (TPSA) is 41.1 Å². The Morgan fingerprint density at radius 1 is 1.16 bits per heavy atom. The van der Waals surface area contributed by atoms with Gasteiger partial charge in [-0.3, -0.25) is 0 Å². The first-order chi connectivity index (χ1) is 9.25. The maximum absolute atomic E-state index is 11.9. The molecule has 0 aliphatic heterocycles. The van der Waals surface area contributed by atoms with E-state index in [2.05, 4.69) is 26.6 Å². The van der Waals surface area contributed by atoms with Gasteiger partial charge in [0.25, 0.3) is 0 Å². The van der Waals surface area contributed by atoms with E-state index in [1.165, 1.54) is 25.7 Å². The van der Waals surface area contributed by atoms with Crippen LogP contribution in [0.1, 0.15) is 44.1 Å². The number of nitrogens with one attached hydrogen (secondary N) is 2. The number of amides is 2. The molecule has 1 aromatic rings. The highest BCUT2D eigenvalue weighted by Crippen LogP contribution is 2.17. The van der Waals surface area contributed by atoms with Gasteiger partial charge in [0.15, 0.2) is 0 Å². The Bertz CT molecular complexity index is 414. The smallest absolute Gasteiger partial charge is 0.315 e. The minimum absolute atomic E-state index is 0.0531. The third kappa shape index (κ3) is 4.86. The van der Waals surface area contributed by atoms with Crippen LogP contribution in [0.4, 0.5) is 4.79 Å². The summed E-state index contributed by atoms with van der Waals surface area (Å²) < 4.78 is 1.03. The first-order valence-electron chi connectivity index (χ1n) is 7.03. The van der Waals surface area contributed by atoms with Crippen molar-refractivity contribution < 1.29 is 4.79 Å². The molecule has 1 aliphatic carbocycles. The standard InChI is InChI=1S/C15H21BrN2O/c16-14-10-6-5-7-12(14)11-17-15(19)18-13-8-3-1-2-4-9-13/h5-7,10,13H,1-4,8-9,11H2,(H2,17,18,19). The molecule has 0 bridgehead atoms. The highest BCUT2D eigenvalue weighted by Gasteiger charge is 2.14. The lowest BCUT2D eigenvalue weighted by atomic mass is 10.1. The Hall–Kier alpha value is -1.03. The fourth-order valence-electron chi connectivity index (χ4n) is 2.48. The largest absolute Gasteiger partial charge is 0.335 e. The van der Waals surface area contributed by atoms with Gasteiger partial charge >= 0.3 is 6.03 Å². The first kappa shape index (κ1) is 14.4. The number of hydrogen-bond donors (Lipinski definition) is 2. The molecule has 1 aromatic carbocycles. The summed E-state index contributed by atoms with van der Waals surface area (Å²) in [6.45, 7) is 0.556. The summed E-state index contributed by atoms with van der Waals surface area (Å²) in [5.41, 5.74) is 1.10. The first-order valence-corrected chi connectivity index (χ1v) is 7.83. The summed E-state index contributed by atoms with van der Waals surface area (Å²) in [4.78, 5) is 11.9. The van der Waals surface area contributed by atoms with Crippen molar-refractivity contribution in [3.63, 3.8) is 0 Å². The second-order valence-corrected chi connectivity index (χ2v) is 5.96. The normalized spacial score (nSPS) is 16.7. The monoisotopic (exact) mass is 324 g/mol. The van der Waals surface area contributed by atoms with Gasteiger partial charge in [-0.05, 0) is 24.5 Å². The summed E-state index contributed by atoms with van der Waals surface area (Å²) in [7, 11) is 0. The van der Waals surface area contributed by atoms with E-state index in [-0.39, 0.29) is 6.03 Å². The van der Waals surface area contributed by atoms with Crippen LogP contribution >= 0.6 is 15.9 Å². The van der Waals surface area contributed by atoms with E-state index in [0.717, 1.165) is 22.9 Å². The molecule has 0 radical (unpaired) electrons. The summed E-state index contributed by atoms with van der Waals surface area (Å²) in [6.07, 6.45) is 7.29. The molecule has 104 valence electrons. The van der Waals surface area contributed by atoms with Crippen LogP contribution in [0.15, 0.2) is 28.7 Å². The SMILES string of the molecule is O=C(NCc1ccccc1Br)NC1CCCCCC1. The molecule has 2 rings (SSSR count). The van der Waals surface area contributed by atoms with Crippen molar-refractivity contribution in [1.82, 2.24) is 10.6 Å². The van der Waals surface area contributed by atoms with Crippen molar-refractivity contribution in [2.45, 2.75) is 51.1 Å². The Balaban J connectivity index is 1.76. The zero-order valence-corrected chi connectivity index (χ0v) is 12.7. The summed E-state index contributed by atoms with van der Waals surface area (Å²) >= 11 is 3.48. The van der Waals surface area contributed by atoms with Crippen LogP contribution in [0.3, 0.4) is 0 Å². The van der Waals surface area contributed by atoms with Crippen LogP contribution in [0.2, 0.25) is 0 Å². The van der Waals surface area contributed by atoms with Crippen molar-refractivity contribution in [2.24, 2.45) is 0 Å². The minimum Gasteiger partial charge on any atom is -0.335 e. The lowest BCUT2D eigenvalue weighted by molar-refractivity contribution is 0.235. The molecule has 2 N–H and O–H groups in total. The molecular formula is C15H21BrN2O. The predicted molar refractivity (Wildman–Crippen MR) is 81.0 cm³/mol. The molecule has 2 amide bonds. The van der Waals surface area contributed by atoms with Crippen LogP contribution in [0.5, 0.6) is 0 Å². The maximum Gasteiger partial charge on any atom is 0.315 e. The lowest BCUT2D eigenvalue weighted by Gasteiger charge is -2.17. The molecule has 0 aromatic heterocycles. The average molecular weight is 325 g/mol. The molecule has 1 fully saturated rings. The number of carbonyl (C=O) groups is 1. The van der Waals surface area contributed by atoms with Gasteiger partial charge in [0.1, 0.15) is 0 Å². The van der Waals surface area contributed by atoms with Crippen molar-refractivity contribution in [2.75, 3.05) is 0 Å². The summed E-state index contributed by atoms with van der Waals surface area (Å²) in [6, 6.07) is 8.24.